The predicted octanol–water partition coefficient (Wildman–Crippen LogP) is 3.55. The van der Waals surface area contributed by atoms with Gasteiger partial charge in [-0.1, -0.05) is 13.3 Å². The Kier molecular flexibility index (Phi) is 5.30. The molecule has 0 amide bonds. The van der Waals surface area contributed by atoms with Crippen molar-refractivity contribution in [2.75, 3.05) is 19.6 Å². The second-order valence-electron chi connectivity index (χ2n) is 6.60. The number of hydrogen-bond acceptors (Lipinski definition) is 4. The minimum Gasteiger partial charge on any atom is -0.312 e. The second kappa shape index (κ2) is 7.21. The van der Waals surface area contributed by atoms with Gasteiger partial charge in [-0.3, -0.25) is 0 Å². The average molecular weight is 308 g/mol. The van der Waals surface area contributed by atoms with Crippen molar-refractivity contribution in [2.45, 2.75) is 70.9 Å². The zero-order valence-corrected chi connectivity index (χ0v) is 14.3. The van der Waals surface area contributed by atoms with Crippen LogP contribution in [0.25, 0.3) is 0 Å². The van der Waals surface area contributed by atoms with Crippen LogP contribution >= 0.6 is 11.3 Å². The van der Waals surface area contributed by atoms with Crippen LogP contribution in [0, 0.1) is 0 Å². The van der Waals surface area contributed by atoms with Gasteiger partial charge in [0.25, 0.3) is 0 Å². The molecule has 1 atom stereocenters. The van der Waals surface area contributed by atoms with Crippen LogP contribution < -0.4 is 5.32 Å². The highest BCUT2D eigenvalue weighted by Gasteiger charge is 2.29. The highest BCUT2D eigenvalue weighted by atomic mass is 32.1. The first kappa shape index (κ1) is 15.4. The molecular formula is C17H29N3S. The fourth-order valence-electron chi connectivity index (χ4n) is 3.29. The number of thiazole rings is 1. The molecule has 0 radical (unpaired) electrons. The number of aromatic nitrogens is 1. The van der Waals surface area contributed by atoms with Gasteiger partial charge in [-0.2, -0.15) is 0 Å². The van der Waals surface area contributed by atoms with Crippen molar-refractivity contribution in [3.63, 3.8) is 0 Å². The third-order valence-corrected chi connectivity index (χ3v) is 5.96. The van der Waals surface area contributed by atoms with Gasteiger partial charge in [0.2, 0.25) is 0 Å². The van der Waals surface area contributed by atoms with Gasteiger partial charge in [-0.15, -0.1) is 11.3 Å². The Morgan fingerprint density at radius 1 is 1.29 bits per heavy atom. The lowest BCUT2D eigenvalue weighted by molar-refractivity contribution is 0.163. The van der Waals surface area contributed by atoms with Gasteiger partial charge in [0.1, 0.15) is 0 Å². The SMILES string of the molecule is CCNCc1sc(CCN2CCCCC2C)nc1C1CC1. The van der Waals surface area contributed by atoms with E-state index in [2.05, 4.69) is 24.1 Å². The molecule has 2 heterocycles. The molecule has 3 rings (SSSR count). The number of hydrogen-bond donors (Lipinski definition) is 1. The van der Waals surface area contributed by atoms with E-state index in [0.717, 1.165) is 31.5 Å². The normalized spacial score (nSPS) is 23.6. The molecule has 1 aromatic rings. The van der Waals surface area contributed by atoms with E-state index in [1.807, 2.05) is 11.3 Å². The molecular weight excluding hydrogens is 278 g/mol. The standard InChI is InChI=1S/C17H29N3S/c1-3-18-12-15-17(14-7-8-14)19-16(21-15)9-11-20-10-5-4-6-13(20)2/h13-14,18H,3-12H2,1-2H3. The van der Waals surface area contributed by atoms with Gasteiger partial charge < -0.3 is 10.2 Å². The Bertz CT molecular complexity index is 453. The van der Waals surface area contributed by atoms with Crippen molar-refractivity contribution in [2.24, 2.45) is 0 Å². The minimum atomic E-state index is 0.767. The monoisotopic (exact) mass is 307 g/mol. The van der Waals surface area contributed by atoms with Crippen LogP contribution in [0.2, 0.25) is 0 Å². The Balaban J connectivity index is 1.59. The van der Waals surface area contributed by atoms with Crippen LogP contribution in [-0.4, -0.2) is 35.6 Å². The van der Waals surface area contributed by atoms with Gasteiger partial charge in [0.05, 0.1) is 10.7 Å². The highest BCUT2D eigenvalue weighted by molar-refractivity contribution is 7.11. The molecule has 3 nitrogen and oxygen atoms in total. The zero-order chi connectivity index (χ0) is 14.7. The first-order valence-corrected chi connectivity index (χ1v) is 9.52. The van der Waals surface area contributed by atoms with Crippen LogP contribution in [0.4, 0.5) is 0 Å². The number of piperidine rings is 1. The number of nitrogens with one attached hydrogen (secondary N) is 1. The van der Waals surface area contributed by atoms with Crippen molar-refractivity contribution >= 4 is 11.3 Å². The van der Waals surface area contributed by atoms with Crippen LogP contribution in [-0.2, 0) is 13.0 Å². The van der Waals surface area contributed by atoms with Crippen LogP contribution in [0.3, 0.4) is 0 Å². The maximum absolute atomic E-state index is 4.99. The van der Waals surface area contributed by atoms with Crippen LogP contribution in [0.15, 0.2) is 0 Å². The first-order chi connectivity index (χ1) is 10.3. The van der Waals surface area contributed by atoms with Gasteiger partial charge in [0.15, 0.2) is 0 Å². The zero-order valence-electron chi connectivity index (χ0n) is 13.5. The van der Waals surface area contributed by atoms with Gasteiger partial charge in [0, 0.05) is 36.3 Å². The van der Waals surface area contributed by atoms with Crippen molar-refractivity contribution in [1.82, 2.24) is 15.2 Å². The maximum Gasteiger partial charge on any atom is 0.0944 e. The molecule has 118 valence electrons. The maximum atomic E-state index is 4.99. The molecule has 0 spiro atoms. The predicted molar refractivity (Wildman–Crippen MR) is 90.1 cm³/mol. The Labute approximate surface area is 133 Å². The lowest BCUT2D eigenvalue weighted by Crippen LogP contribution is -2.38. The molecule has 1 N–H and O–H groups in total. The van der Waals surface area contributed by atoms with Crippen molar-refractivity contribution in [1.29, 1.82) is 0 Å². The lowest BCUT2D eigenvalue weighted by atomic mass is 10.0. The van der Waals surface area contributed by atoms with E-state index < -0.39 is 0 Å². The summed E-state index contributed by atoms with van der Waals surface area (Å²) >= 11 is 1.96. The van der Waals surface area contributed by atoms with E-state index in [-0.39, 0.29) is 0 Å². The summed E-state index contributed by atoms with van der Waals surface area (Å²) in [5.74, 6) is 0.776. The molecule has 4 heteroatoms. The Morgan fingerprint density at radius 2 is 2.14 bits per heavy atom. The van der Waals surface area contributed by atoms with Crippen molar-refractivity contribution in [3.05, 3.63) is 15.6 Å². The molecule has 1 unspecified atom stereocenters. The molecule has 1 saturated carbocycles. The number of nitrogens with zero attached hydrogens (tertiary/aromatic N) is 2. The lowest BCUT2D eigenvalue weighted by Gasteiger charge is -2.33. The van der Waals surface area contributed by atoms with Crippen LogP contribution in [0.1, 0.15) is 67.4 Å². The van der Waals surface area contributed by atoms with E-state index in [0.29, 0.717) is 0 Å². The summed E-state index contributed by atoms with van der Waals surface area (Å²) < 4.78 is 0. The largest absolute Gasteiger partial charge is 0.312 e. The molecule has 21 heavy (non-hydrogen) atoms. The summed E-state index contributed by atoms with van der Waals surface area (Å²) in [7, 11) is 0. The second-order valence-corrected chi connectivity index (χ2v) is 7.77. The van der Waals surface area contributed by atoms with Gasteiger partial charge >= 0.3 is 0 Å². The van der Waals surface area contributed by atoms with E-state index in [9.17, 15) is 0 Å². The fourth-order valence-corrected chi connectivity index (χ4v) is 4.40. The van der Waals surface area contributed by atoms with E-state index >= 15 is 0 Å². The molecule has 1 saturated heterocycles. The highest BCUT2D eigenvalue weighted by Crippen LogP contribution is 2.42. The topological polar surface area (TPSA) is 28.2 Å². The van der Waals surface area contributed by atoms with Gasteiger partial charge in [-0.05, 0) is 45.7 Å². The number of likely N-dealkylation sites (tertiary alicyclic amines) is 1. The summed E-state index contributed by atoms with van der Waals surface area (Å²) in [6.07, 6.45) is 8.00. The smallest absolute Gasteiger partial charge is 0.0944 e. The molecule has 1 aromatic heterocycles. The number of rotatable bonds is 7. The third-order valence-electron chi connectivity index (χ3n) is 4.82. The molecule has 1 aliphatic carbocycles. The van der Waals surface area contributed by atoms with E-state index in [1.54, 1.807) is 0 Å². The molecule has 2 fully saturated rings. The van der Waals surface area contributed by atoms with E-state index in [1.165, 1.54) is 60.8 Å². The third kappa shape index (κ3) is 4.05. The quantitative estimate of drug-likeness (QED) is 0.835. The molecule has 0 bridgehead atoms. The van der Waals surface area contributed by atoms with Crippen molar-refractivity contribution < 1.29 is 0 Å². The summed E-state index contributed by atoms with van der Waals surface area (Å²) in [6.45, 7) is 9.10. The average Bonchev–Trinajstić information content (AvgIpc) is 3.26. The van der Waals surface area contributed by atoms with Gasteiger partial charge in [-0.25, -0.2) is 4.98 Å². The summed E-state index contributed by atoms with van der Waals surface area (Å²) in [6, 6.07) is 0.767. The van der Waals surface area contributed by atoms with E-state index in [4.69, 9.17) is 4.98 Å². The summed E-state index contributed by atoms with van der Waals surface area (Å²) in [5.41, 5.74) is 1.42. The summed E-state index contributed by atoms with van der Waals surface area (Å²) in [4.78, 5) is 9.15. The molecule has 0 aromatic carbocycles. The van der Waals surface area contributed by atoms with Crippen molar-refractivity contribution in [3.8, 4) is 0 Å². The Morgan fingerprint density at radius 3 is 2.86 bits per heavy atom. The first-order valence-electron chi connectivity index (χ1n) is 8.71. The van der Waals surface area contributed by atoms with Crippen LogP contribution in [0.5, 0.6) is 0 Å². The fraction of sp³-hybridized carbons (Fsp3) is 0.824. The minimum absolute atomic E-state index is 0.767. The molecule has 1 aliphatic heterocycles. The molecule has 2 aliphatic rings. The summed E-state index contributed by atoms with van der Waals surface area (Å²) in [5, 5.41) is 4.84. The Hall–Kier alpha value is -0.450.